The molecule has 0 saturated carbocycles. The Morgan fingerprint density at radius 2 is 1.88 bits per heavy atom. The summed E-state index contributed by atoms with van der Waals surface area (Å²) in [6, 6.07) is 10.6. The quantitative estimate of drug-likeness (QED) is 0.693. The Labute approximate surface area is 156 Å². The molecular formula is C18H16Cl2N2O2S. The van der Waals surface area contributed by atoms with Crippen LogP contribution in [-0.4, -0.2) is 24.3 Å². The summed E-state index contributed by atoms with van der Waals surface area (Å²) in [4.78, 5) is 3.59. The molecule has 3 aromatic rings. The third kappa shape index (κ3) is 2.85. The van der Waals surface area contributed by atoms with Crippen molar-refractivity contribution in [3.05, 3.63) is 63.3 Å². The van der Waals surface area contributed by atoms with E-state index < -0.39 is 10.0 Å². The number of nitrogens with one attached hydrogen (secondary N) is 1. The number of hydrogen-bond acceptors (Lipinski definition) is 2. The van der Waals surface area contributed by atoms with E-state index >= 15 is 0 Å². The molecule has 4 nitrogen and oxygen atoms in total. The van der Waals surface area contributed by atoms with Crippen LogP contribution in [0.1, 0.15) is 16.8 Å². The van der Waals surface area contributed by atoms with E-state index in [4.69, 9.17) is 23.2 Å². The van der Waals surface area contributed by atoms with Gasteiger partial charge in [-0.05, 0) is 42.3 Å². The molecule has 130 valence electrons. The van der Waals surface area contributed by atoms with Crippen LogP contribution in [0.3, 0.4) is 0 Å². The van der Waals surface area contributed by atoms with Gasteiger partial charge in [0, 0.05) is 36.1 Å². The van der Waals surface area contributed by atoms with Gasteiger partial charge in [0.25, 0.3) is 0 Å². The lowest BCUT2D eigenvalue weighted by molar-refractivity contribution is 0.391. The first-order valence-electron chi connectivity index (χ1n) is 7.91. The van der Waals surface area contributed by atoms with Crippen molar-refractivity contribution in [2.24, 2.45) is 0 Å². The van der Waals surface area contributed by atoms with Crippen molar-refractivity contribution < 1.29 is 8.42 Å². The second kappa shape index (κ2) is 6.02. The minimum absolute atomic E-state index is 0.168. The van der Waals surface area contributed by atoms with Crippen molar-refractivity contribution in [1.29, 1.82) is 0 Å². The van der Waals surface area contributed by atoms with Crippen LogP contribution < -0.4 is 0 Å². The van der Waals surface area contributed by atoms with Crippen LogP contribution in [0.4, 0.5) is 0 Å². The summed E-state index contributed by atoms with van der Waals surface area (Å²) in [5.74, 6) is 0. The fraction of sp³-hybridized carbons (Fsp3) is 0.222. The lowest BCUT2D eigenvalue weighted by Gasteiger charge is -2.26. The molecule has 2 aromatic carbocycles. The maximum atomic E-state index is 13.0. The van der Waals surface area contributed by atoms with Crippen LogP contribution in [0.15, 0.2) is 41.3 Å². The Morgan fingerprint density at radius 1 is 1.08 bits per heavy atom. The van der Waals surface area contributed by atoms with Gasteiger partial charge in [-0.25, -0.2) is 8.42 Å². The van der Waals surface area contributed by atoms with Crippen LogP contribution in [0, 0.1) is 6.92 Å². The highest BCUT2D eigenvalue weighted by atomic mass is 35.5. The van der Waals surface area contributed by atoms with Crippen LogP contribution in [0.2, 0.25) is 10.0 Å². The largest absolute Gasteiger partial charge is 0.358 e. The third-order valence-corrected chi connectivity index (χ3v) is 7.20. The number of benzene rings is 2. The second-order valence-corrected chi connectivity index (χ2v) is 9.05. The Hall–Kier alpha value is -1.53. The van der Waals surface area contributed by atoms with Gasteiger partial charge in [-0.1, -0.05) is 35.3 Å². The summed E-state index contributed by atoms with van der Waals surface area (Å²) >= 11 is 11.9. The molecule has 2 heterocycles. The number of aromatic nitrogens is 1. The number of halogens is 2. The number of nitrogens with zero attached hydrogens (tertiary/aromatic N) is 1. The molecule has 0 unspecified atom stereocenters. The summed E-state index contributed by atoms with van der Waals surface area (Å²) in [5.41, 5.74) is 4.39. The van der Waals surface area contributed by atoms with E-state index in [9.17, 15) is 8.42 Å². The van der Waals surface area contributed by atoms with Gasteiger partial charge in [-0.3, -0.25) is 0 Å². The molecule has 25 heavy (non-hydrogen) atoms. The van der Waals surface area contributed by atoms with E-state index in [-0.39, 0.29) is 9.92 Å². The normalized spacial score (nSPS) is 15.5. The predicted octanol–water partition coefficient (Wildman–Crippen LogP) is 4.53. The number of hydrogen-bond donors (Lipinski definition) is 1. The highest BCUT2D eigenvalue weighted by molar-refractivity contribution is 7.89. The molecule has 0 amide bonds. The topological polar surface area (TPSA) is 53.2 Å². The molecule has 1 aliphatic rings. The van der Waals surface area contributed by atoms with Gasteiger partial charge in [0.05, 0.1) is 14.9 Å². The Kier molecular flexibility index (Phi) is 4.07. The summed E-state index contributed by atoms with van der Waals surface area (Å²) in [6.45, 7) is 2.82. The number of aryl methyl sites for hydroxylation is 1. The molecule has 0 atom stereocenters. The van der Waals surface area contributed by atoms with E-state index in [1.807, 2.05) is 13.0 Å². The summed E-state index contributed by atoms with van der Waals surface area (Å²) in [6.07, 6.45) is 0.656. The monoisotopic (exact) mass is 394 g/mol. The van der Waals surface area contributed by atoms with E-state index in [2.05, 4.69) is 17.1 Å². The lowest BCUT2D eigenvalue weighted by Crippen LogP contribution is -2.35. The molecule has 4 rings (SSSR count). The van der Waals surface area contributed by atoms with Gasteiger partial charge < -0.3 is 4.98 Å². The summed E-state index contributed by atoms with van der Waals surface area (Å²) in [7, 11) is -3.62. The first-order chi connectivity index (χ1) is 11.9. The molecule has 7 heteroatoms. The van der Waals surface area contributed by atoms with E-state index in [0.29, 0.717) is 24.5 Å². The number of H-pyrrole nitrogens is 1. The molecule has 0 radical (unpaired) electrons. The fourth-order valence-electron chi connectivity index (χ4n) is 3.30. The highest BCUT2D eigenvalue weighted by Gasteiger charge is 2.30. The van der Waals surface area contributed by atoms with E-state index in [1.54, 1.807) is 0 Å². The van der Waals surface area contributed by atoms with Crippen LogP contribution in [0.5, 0.6) is 0 Å². The van der Waals surface area contributed by atoms with Crippen LogP contribution >= 0.6 is 23.2 Å². The van der Waals surface area contributed by atoms with Crippen molar-refractivity contribution in [3.8, 4) is 0 Å². The highest BCUT2D eigenvalue weighted by Crippen LogP contribution is 2.32. The molecule has 0 spiro atoms. The van der Waals surface area contributed by atoms with Crippen molar-refractivity contribution in [2.45, 2.75) is 24.8 Å². The number of aromatic amines is 1. The summed E-state index contributed by atoms with van der Waals surface area (Å²) < 4.78 is 27.5. The average molecular weight is 395 g/mol. The van der Waals surface area contributed by atoms with Crippen molar-refractivity contribution >= 4 is 44.1 Å². The van der Waals surface area contributed by atoms with Crippen molar-refractivity contribution in [2.75, 3.05) is 6.54 Å². The van der Waals surface area contributed by atoms with Crippen LogP contribution in [0.25, 0.3) is 10.9 Å². The van der Waals surface area contributed by atoms with Gasteiger partial charge in [0.2, 0.25) is 10.0 Å². The maximum Gasteiger partial charge on any atom is 0.243 e. The molecule has 1 aromatic heterocycles. The zero-order valence-electron chi connectivity index (χ0n) is 13.5. The van der Waals surface area contributed by atoms with E-state index in [0.717, 1.165) is 22.2 Å². The number of rotatable bonds is 2. The first-order valence-corrected chi connectivity index (χ1v) is 10.1. The molecule has 1 N–H and O–H groups in total. The summed E-state index contributed by atoms with van der Waals surface area (Å²) in [5, 5.41) is 1.66. The fourth-order valence-corrected chi connectivity index (χ4v) is 5.10. The van der Waals surface area contributed by atoms with Gasteiger partial charge in [0.15, 0.2) is 0 Å². The average Bonchev–Trinajstić information content (AvgIpc) is 2.93. The molecule has 0 bridgehead atoms. The molecule has 1 aliphatic heterocycles. The van der Waals surface area contributed by atoms with Crippen molar-refractivity contribution in [1.82, 2.24) is 9.29 Å². The zero-order valence-corrected chi connectivity index (χ0v) is 15.8. The standard InChI is InChI=1S/C18H16Cl2N2O2S/c1-11-2-4-13-14-10-22(7-6-17(14)21-18(13)8-11)25(23,24)12-3-5-15(19)16(20)9-12/h2-5,8-9,21H,6-7,10H2,1H3. The molecule has 0 saturated heterocycles. The maximum absolute atomic E-state index is 13.0. The Bertz CT molecular complexity index is 1090. The van der Waals surface area contributed by atoms with E-state index in [1.165, 1.54) is 28.1 Å². The number of sulfonamides is 1. The minimum atomic E-state index is -3.62. The molecule has 0 fully saturated rings. The van der Waals surface area contributed by atoms with Gasteiger partial charge in [0.1, 0.15) is 0 Å². The van der Waals surface area contributed by atoms with Gasteiger partial charge in [-0.15, -0.1) is 0 Å². The predicted molar refractivity (Wildman–Crippen MR) is 101 cm³/mol. The Balaban J connectivity index is 1.74. The SMILES string of the molecule is Cc1ccc2c3c([nH]c2c1)CCN(S(=O)(=O)c1ccc(Cl)c(Cl)c1)C3. The molecular weight excluding hydrogens is 379 g/mol. The van der Waals surface area contributed by atoms with Crippen LogP contribution in [-0.2, 0) is 23.0 Å². The molecule has 0 aliphatic carbocycles. The minimum Gasteiger partial charge on any atom is -0.358 e. The Morgan fingerprint density at radius 3 is 2.64 bits per heavy atom. The van der Waals surface area contributed by atoms with Gasteiger partial charge >= 0.3 is 0 Å². The lowest BCUT2D eigenvalue weighted by atomic mass is 10.1. The zero-order chi connectivity index (χ0) is 17.8. The van der Waals surface area contributed by atoms with Crippen molar-refractivity contribution in [3.63, 3.8) is 0 Å². The second-order valence-electron chi connectivity index (χ2n) is 6.30. The first kappa shape index (κ1) is 16.9. The van der Waals surface area contributed by atoms with Gasteiger partial charge in [-0.2, -0.15) is 4.31 Å². The number of fused-ring (bicyclic) bond motifs is 3. The smallest absolute Gasteiger partial charge is 0.243 e. The third-order valence-electron chi connectivity index (χ3n) is 4.62.